The van der Waals surface area contributed by atoms with Gasteiger partial charge in [0, 0.05) is 0 Å². The molecule has 0 amide bonds. The van der Waals surface area contributed by atoms with Crippen LogP contribution in [0.25, 0.3) is 12.2 Å². The fourth-order valence-corrected chi connectivity index (χ4v) is 2.63. The lowest BCUT2D eigenvalue weighted by Crippen LogP contribution is -2.25. The molecule has 1 heterocycles. The van der Waals surface area contributed by atoms with Crippen LogP contribution in [0, 0.1) is 10.1 Å². The lowest BCUT2D eigenvalue weighted by Gasteiger charge is -2.15. The van der Waals surface area contributed by atoms with Gasteiger partial charge < -0.3 is 9.72 Å². The highest BCUT2D eigenvalue weighted by Gasteiger charge is 2.18. The highest BCUT2D eigenvalue weighted by Crippen LogP contribution is 2.22. The summed E-state index contributed by atoms with van der Waals surface area (Å²) in [5.74, 6) is 0.670. The number of hydrogen-bond donors (Lipinski definition) is 2. The minimum atomic E-state index is -1.05. The number of aromatic nitrogens is 2. The molecule has 0 saturated carbocycles. The van der Waals surface area contributed by atoms with Crippen molar-refractivity contribution < 1.29 is 9.66 Å². The SMILES string of the molecule is CC(Oc1ccc(C=Cc2[nH]c(=O)[nH]c(=O)c2[N+](=O)[O-])cc1)c1ccccc1. The van der Waals surface area contributed by atoms with Gasteiger partial charge in [0.2, 0.25) is 0 Å². The van der Waals surface area contributed by atoms with Crippen LogP contribution in [0.3, 0.4) is 0 Å². The number of ether oxygens (including phenoxy) is 1. The number of hydrogen-bond acceptors (Lipinski definition) is 5. The molecule has 0 saturated heterocycles. The Labute approximate surface area is 159 Å². The van der Waals surface area contributed by atoms with Crippen LogP contribution in [-0.4, -0.2) is 14.9 Å². The van der Waals surface area contributed by atoms with Crippen molar-refractivity contribution in [1.82, 2.24) is 9.97 Å². The molecule has 2 aromatic carbocycles. The summed E-state index contributed by atoms with van der Waals surface area (Å²) in [6.07, 6.45) is 2.76. The molecule has 1 aromatic heterocycles. The second-order valence-electron chi connectivity index (χ2n) is 6.00. The summed E-state index contributed by atoms with van der Waals surface area (Å²) in [5.41, 5.74) is -0.975. The van der Waals surface area contributed by atoms with E-state index in [0.717, 1.165) is 11.1 Å². The molecule has 1 unspecified atom stereocenters. The molecule has 8 heteroatoms. The Kier molecular flexibility index (Phi) is 5.50. The van der Waals surface area contributed by atoms with E-state index in [1.807, 2.05) is 42.2 Å². The first kappa shape index (κ1) is 18.8. The van der Waals surface area contributed by atoms with Gasteiger partial charge in [-0.3, -0.25) is 19.9 Å². The molecular formula is C20H17N3O5. The quantitative estimate of drug-likeness (QED) is 0.503. The van der Waals surface area contributed by atoms with E-state index in [2.05, 4.69) is 4.98 Å². The number of H-pyrrole nitrogens is 2. The van der Waals surface area contributed by atoms with Crippen molar-refractivity contribution in [1.29, 1.82) is 0 Å². The molecule has 0 fully saturated rings. The van der Waals surface area contributed by atoms with Crippen LogP contribution in [0.5, 0.6) is 5.75 Å². The fraction of sp³-hybridized carbons (Fsp3) is 0.100. The van der Waals surface area contributed by atoms with Gasteiger partial charge in [-0.1, -0.05) is 48.5 Å². The molecule has 2 N–H and O–H groups in total. The molecule has 0 aliphatic heterocycles. The van der Waals surface area contributed by atoms with E-state index in [1.165, 1.54) is 6.08 Å². The molecule has 0 bridgehead atoms. The number of rotatable bonds is 6. The number of nitro groups is 1. The molecule has 8 nitrogen and oxygen atoms in total. The van der Waals surface area contributed by atoms with Gasteiger partial charge in [-0.05, 0) is 36.3 Å². The second kappa shape index (κ2) is 8.17. The Hall–Kier alpha value is -3.94. The molecule has 3 rings (SSSR count). The third-order valence-electron chi connectivity index (χ3n) is 4.03. The summed E-state index contributed by atoms with van der Waals surface area (Å²) in [6.45, 7) is 1.95. The van der Waals surface area contributed by atoms with Crippen molar-refractivity contribution in [2.24, 2.45) is 0 Å². The van der Waals surface area contributed by atoms with Gasteiger partial charge in [0.1, 0.15) is 17.5 Å². The lowest BCUT2D eigenvalue weighted by molar-refractivity contribution is -0.386. The standard InChI is InChI=1S/C20H17N3O5/c1-13(15-5-3-2-4-6-15)28-16-10-7-14(8-11-16)9-12-17-18(23(26)27)19(24)22-20(25)21-17/h2-13H,1H3,(H2,21,22,24,25). The molecular weight excluding hydrogens is 362 g/mol. The van der Waals surface area contributed by atoms with E-state index in [0.29, 0.717) is 5.75 Å². The molecule has 0 radical (unpaired) electrons. The van der Waals surface area contributed by atoms with E-state index in [1.54, 1.807) is 30.3 Å². The maximum Gasteiger partial charge on any atom is 0.357 e. The predicted octanol–water partition coefficient (Wildman–Crippen LogP) is 3.28. The minimum absolute atomic E-state index is 0.119. The van der Waals surface area contributed by atoms with E-state index >= 15 is 0 Å². The minimum Gasteiger partial charge on any atom is -0.486 e. The maximum atomic E-state index is 11.6. The third-order valence-corrected chi connectivity index (χ3v) is 4.03. The average molecular weight is 379 g/mol. The van der Waals surface area contributed by atoms with Crippen LogP contribution in [-0.2, 0) is 0 Å². The topological polar surface area (TPSA) is 118 Å². The van der Waals surface area contributed by atoms with E-state index in [9.17, 15) is 19.7 Å². The smallest absolute Gasteiger partial charge is 0.357 e. The Morgan fingerprint density at radius 2 is 1.68 bits per heavy atom. The molecule has 0 aliphatic rings. The first-order valence-electron chi connectivity index (χ1n) is 8.45. The highest BCUT2D eigenvalue weighted by molar-refractivity contribution is 5.71. The summed E-state index contributed by atoms with van der Waals surface area (Å²) in [6, 6.07) is 16.9. The van der Waals surface area contributed by atoms with E-state index in [4.69, 9.17) is 4.74 Å². The van der Waals surface area contributed by atoms with Crippen molar-refractivity contribution in [3.05, 3.63) is 102 Å². The van der Waals surface area contributed by atoms with Crippen LogP contribution in [0.2, 0.25) is 0 Å². The number of nitrogens with zero attached hydrogens (tertiary/aromatic N) is 1. The number of nitrogens with one attached hydrogen (secondary N) is 2. The number of aromatic amines is 2. The maximum absolute atomic E-state index is 11.6. The Morgan fingerprint density at radius 3 is 2.32 bits per heavy atom. The van der Waals surface area contributed by atoms with Gasteiger partial charge in [-0.25, -0.2) is 4.79 Å². The predicted molar refractivity (Wildman–Crippen MR) is 105 cm³/mol. The van der Waals surface area contributed by atoms with E-state index < -0.39 is 21.9 Å². The van der Waals surface area contributed by atoms with Crippen LogP contribution in [0.15, 0.2) is 64.2 Å². The highest BCUT2D eigenvalue weighted by atomic mass is 16.6. The van der Waals surface area contributed by atoms with Crippen LogP contribution >= 0.6 is 0 Å². The first-order chi connectivity index (χ1) is 13.4. The van der Waals surface area contributed by atoms with Gasteiger partial charge in [-0.15, -0.1) is 0 Å². The number of benzene rings is 2. The van der Waals surface area contributed by atoms with Crippen LogP contribution in [0.1, 0.15) is 29.8 Å². The van der Waals surface area contributed by atoms with Crippen molar-refractivity contribution in [3.8, 4) is 5.75 Å². The van der Waals surface area contributed by atoms with Crippen LogP contribution in [0.4, 0.5) is 5.69 Å². The third kappa shape index (κ3) is 4.42. The summed E-state index contributed by atoms with van der Waals surface area (Å²) in [5, 5.41) is 11.0. The normalized spacial score (nSPS) is 12.0. The largest absolute Gasteiger partial charge is 0.486 e. The monoisotopic (exact) mass is 379 g/mol. The average Bonchev–Trinajstić information content (AvgIpc) is 2.67. The van der Waals surface area contributed by atoms with Gasteiger partial charge in [0.25, 0.3) is 0 Å². The zero-order valence-corrected chi connectivity index (χ0v) is 14.9. The zero-order chi connectivity index (χ0) is 20.1. The molecule has 0 aliphatic carbocycles. The summed E-state index contributed by atoms with van der Waals surface area (Å²) >= 11 is 0. The van der Waals surface area contributed by atoms with Gasteiger partial charge in [0.15, 0.2) is 0 Å². The Morgan fingerprint density at radius 1 is 1.00 bits per heavy atom. The molecule has 1 atom stereocenters. The first-order valence-corrected chi connectivity index (χ1v) is 8.45. The second-order valence-corrected chi connectivity index (χ2v) is 6.00. The molecule has 28 heavy (non-hydrogen) atoms. The summed E-state index contributed by atoms with van der Waals surface area (Å²) in [7, 11) is 0. The molecule has 3 aromatic rings. The van der Waals surface area contributed by atoms with Crippen molar-refractivity contribution in [3.63, 3.8) is 0 Å². The lowest BCUT2D eigenvalue weighted by atomic mass is 10.1. The van der Waals surface area contributed by atoms with Crippen LogP contribution < -0.4 is 16.0 Å². The fourth-order valence-electron chi connectivity index (χ4n) is 2.63. The molecule has 142 valence electrons. The summed E-state index contributed by atoms with van der Waals surface area (Å²) < 4.78 is 5.89. The van der Waals surface area contributed by atoms with Crippen molar-refractivity contribution >= 4 is 17.8 Å². The van der Waals surface area contributed by atoms with Gasteiger partial charge in [-0.2, -0.15) is 0 Å². The van der Waals surface area contributed by atoms with E-state index in [-0.39, 0.29) is 11.8 Å². The van der Waals surface area contributed by atoms with Crippen molar-refractivity contribution in [2.45, 2.75) is 13.0 Å². The Bertz CT molecular complexity index is 1120. The molecule has 0 spiro atoms. The zero-order valence-electron chi connectivity index (χ0n) is 14.9. The van der Waals surface area contributed by atoms with Gasteiger partial charge >= 0.3 is 16.9 Å². The van der Waals surface area contributed by atoms with Crippen molar-refractivity contribution in [2.75, 3.05) is 0 Å². The summed E-state index contributed by atoms with van der Waals surface area (Å²) in [4.78, 5) is 37.3. The van der Waals surface area contributed by atoms with Gasteiger partial charge in [0.05, 0.1) is 4.92 Å². The Balaban J connectivity index is 1.77.